The Bertz CT molecular complexity index is 814. The molecule has 0 saturated carbocycles. The summed E-state index contributed by atoms with van der Waals surface area (Å²) in [7, 11) is 0. The molecule has 3 heterocycles. The van der Waals surface area contributed by atoms with Crippen molar-refractivity contribution >= 4 is 16.7 Å². The summed E-state index contributed by atoms with van der Waals surface area (Å²) in [4.78, 5) is 26.7. The first-order valence-corrected chi connectivity index (χ1v) is 10.1. The van der Waals surface area contributed by atoms with E-state index in [4.69, 9.17) is 4.98 Å². The molecule has 2 aromatic rings. The number of likely N-dealkylation sites (tertiary alicyclic amines) is 1. The minimum Gasteiger partial charge on any atom is -0.298 e. The van der Waals surface area contributed by atoms with Crippen LogP contribution < -0.4 is 0 Å². The molecule has 2 aliphatic rings. The molecule has 0 N–H and O–H groups in total. The van der Waals surface area contributed by atoms with E-state index in [1.54, 1.807) is 0 Å². The predicted octanol–water partition coefficient (Wildman–Crippen LogP) is 3.28. The van der Waals surface area contributed by atoms with Gasteiger partial charge in [0.2, 0.25) is 0 Å². The lowest BCUT2D eigenvalue weighted by atomic mass is 9.89. The topological polar surface area (TPSA) is 49.3 Å². The van der Waals surface area contributed by atoms with Gasteiger partial charge in [0.15, 0.2) is 0 Å². The summed E-state index contributed by atoms with van der Waals surface area (Å²) in [5, 5.41) is 1.09. The largest absolute Gasteiger partial charge is 0.298 e. The van der Waals surface area contributed by atoms with E-state index < -0.39 is 0 Å². The van der Waals surface area contributed by atoms with Crippen LogP contribution in [0.5, 0.6) is 0 Å². The van der Waals surface area contributed by atoms with Crippen LogP contribution in [0.15, 0.2) is 30.5 Å². The van der Waals surface area contributed by atoms with Gasteiger partial charge in [-0.2, -0.15) is 0 Å². The van der Waals surface area contributed by atoms with Crippen LogP contribution in [0.3, 0.4) is 0 Å². The quantitative estimate of drug-likeness (QED) is 0.813. The van der Waals surface area contributed by atoms with E-state index in [2.05, 4.69) is 35.6 Å². The summed E-state index contributed by atoms with van der Waals surface area (Å²) in [5.74, 6) is 1.27. The molecule has 2 fully saturated rings. The van der Waals surface area contributed by atoms with Gasteiger partial charge in [0.25, 0.3) is 0 Å². The van der Waals surface area contributed by atoms with Gasteiger partial charge in [0.1, 0.15) is 11.6 Å². The highest BCUT2D eigenvalue weighted by Crippen LogP contribution is 2.31. The van der Waals surface area contributed by atoms with Crippen molar-refractivity contribution in [2.75, 3.05) is 19.6 Å². The molecule has 5 nitrogen and oxygen atoms in total. The minimum absolute atomic E-state index is 0.0748. The number of aromatic nitrogens is 2. The lowest BCUT2D eigenvalue weighted by Crippen LogP contribution is -2.54. The summed E-state index contributed by atoms with van der Waals surface area (Å²) < 4.78 is 0. The van der Waals surface area contributed by atoms with Gasteiger partial charge in [-0.3, -0.25) is 14.6 Å². The molecule has 0 spiro atoms. The van der Waals surface area contributed by atoms with Crippen molar-refractivity contribution in [2.24, 2.45) is 5.41 Å². The van der Waals surface area contributed by atoms with Crippen molar-refractivity contribution in [3.05, 3.63) is 36.3 Å². The fourth-order valence-corrected chi connectivity index (χ4v) is 4.60. The van der Waals surface area contributed by atoms with E-state index in [9.17, 15) is 4.79 Å². The van der Waals surface area contributed by atoms with E-state index >= 15 is 0 Å². The monoisotopic (exact) mass is 366 g/mol. The zero-order valence-electron chi connectivity index (χ0n) is 16.7. The second kappa shape index (κ2) is 7.28. The number of carbonyl (C=O) groups excluding carboxylic acids is 1. The maximum atomic E-state index is 12.5. The highest BCUT2D eigenvalue weighted by Gasteiger charge is 2.40. The summed E-state index contributed by atoms with van der Waals surface area (Å²) >= 11 is 0. The summed E-state index contributed by atoms with van der Waals surface area (Å²) in [6, 6.07) is 9.12. The highest BCUT2D eigenvalue weighted by molar-refractivity contribution is 5.81. The number of hydrogen-bond donors (Lipinski definition) is 0. The normalized spacial score (nSPS) is 23.8. The van der Waals surface area contributed by atoms with E-state index in [0.717, 1.165) is 36.4 Å². The molecule has 0 radical (unpaired) electrons. The van der Waals surface area contributed by atoms with Gasteiger partial charge in [0, 0.05) is 43.2 Å². The van der Waals surface area contributed by atoms with Crippen molar-refractivity contribution in [3.8, 4) is 0 Å². The van der Waals surface area contributed by atoms with Crippen molar-refractivity contribution < 1.29 is 4.79 Å². The molecule has 2 unspecified atom stereocenters. The van der Waals surface area contributed by atoms with Gasteiger partial charge >= 0.3 is 0 Å². The molecule has 0 aliphatic carbocycles. The van der Waals surface area contributed by atoms with Gasteiger partial charge < -0.3 is 0 Å². The Morgan fingerprint density at radius 2 is 1.85 bits per heavy atom. The summed E-state index contributed by atoms with van der Waals surface area (Å²) in [5.41, 5.74) is 1.09. The number of ketones is 1. The first-order chi connectivity index (χ1) is 12.9. The average molecular weight is 367 g/mol. The molecular formula is C22H30N4O. The number of nitrogens with zero attached hydrogens (tertiary/aromatic N) is 4. The fraction of sp³-hybridized carbons (Fsp3) is 0.591. The second-order valence-electron chi connectivity index (χ2n) is 9.37. The minimum atomic E-state index is 0.0748. The molecule has 1 aromatic heterocycles. The molecule has 5 heteroatoms. The van der Waals surface area contributed by atoms with E-state index in [1.807, 2.05) is 30.5 Å². The van der Waals surface area contributed by atoms with Crippen molar-refractivity contribution in [3.63, 3.8) is 0 Å². The van der Waals surface area contributed by atoms with Crippen LogP contribution in [0.2, 0.25) is 0 Å². The van der Waals surface area contributed by atoms with Crippen LogP contribution in [0.4, 0.5) is 0 Å². The Labute approximate surface area is 161 Å². The molecule has 144 valence electrons. The van der Waals surface area contributed by atoms with E-state index in [-0.39, 0.29) is 5.41 Å². The number of carbonyl (C=O) groups is 1. The number of fused-ring (bicyclic) bond motifs is 3. The summed E-state index contributed by atoms with van der Waals surface area (Å²) in [6.07, 6.45) is 4.98. The van der Waals surface area contributed by atoms with Crippen LogP contribution in [0, 0.1) is 5.41 Å². The van der Waals surface area contributed by atoms with Gasteiger partial charge in [-0.05, 0) is 24.3 Å². The Morgan fingerprint density at radius 1 is 1.15 bits per heavy atom. The zero-order chi connectivity index (χ0) is 19.0. The predicted molar refractivity (Wildman–Crippen MR) is 107 cm³/mol. The Hall–Kier alpha value is -1.85. The Balaban J connectivity index is 1.38. The van der Waals surface area contributed by atoms with Crippen LogP contribution in [0.1, 0.15) is 45.9 Å². The van der Waals surface area contributed by atoms with Crippen molar-refractivity contribution in [1.29, 1.82) is 0 Å². The van der Waals surface area contributed by atoms with Crippen LogP contribution >= 0.6 is 0 Å². The third-order valence-electron chi connectivity index (χ3n) is 5.70. The third kappa shape index (κ3) is 4.36. The standard InChI is InChI=1S/C22H30N4O/c1-22(2,3)10-19(27)14-26-17-8-9-18(26)13-25(12-17)15-21-23-11-16-6-4-5-7-20(16)24-21/h4-7,11,17-18H,8-10,12-15H2,1-3H3. The number of para-hydroxylation sites is 1. The van der Waals surface area contributed by atoms with E-state index in [0.29, 0.717) is 30.8 Å². The van der Waals surface area contributed by atoms with Gasteiger partial charge in [-0.25, -0.2) is 9.97 Å². The lowest BCUT2D eigenvalue weighted by molar-refractivity contribution is -0.123. The number of piperazine rings is 1. The zero-order valence-corrected chi connectivity index (χ0v) is 16.7. The lowest BCUT2D eigenvalue weighted by Gasteiger charge is -2.40. The Kier molecular flexibility index (Phi) is 4.99. The SMILES string of the molecule is CC(C)(C)CC(=O)CN1C2CCC1CN(Cc1ncc3ccccc3n1)C2. The second-order valence-corrected chi connectivity index (χ2v) is 9.37. The first kappa shape index (κ1) is 18.5. The third-order valence-corrected chi connectivity index (χ3v) is 5.70. The molecule has 0 amide bonds. The van der Waals surface area contributed by atoms with Gasteiger partial charge in [0.05, 0.1) is 18.6 Å². The van der Waals surface area contributed by atoms with Crippen LogP contribution in [0.25, 0.3) is 10.9 Å². The molecule has 2 aliphatic heterocycles. The maximum Gasteiger partial charge on any atom is 0.147 e. The summed E-state index contributed by atoms with van der Waals surface area (Å²) in [6.45, 7) is 9.85. The molecule has 1 aromatic carbocycles. The Morgan fingerprint density at radius 3 is 2.56 bits per heavy atom. The van der Waals surface area contributed by atoms with Crippen LogP contribution in [-0.2, 0) is 11.3 Å². The maximum absolute atomic E-state index is 12.5. The molecule has 2 atom stereocenters. The van der Waals surface area contributed by atoms with Crippen LogP contribution in [-0.4, -0.2) is 57.3 Å². The van der Waals surface area contributed by atoms with Crippen molar-refractivity contribution in [2.45, 2.75) is 58.7 Å². The molecular weight excluding hydrogens is 336 g/mol. The van der Waals surface area contributed by atoms with Crippen molar-refractivity contribution in [1.82, 2.24) is 19.8 Å². The molecule has 2 saturated heterocycles. The first-order valence-electron chi connectivity index (χ1n) is 10.1. The smallest absolute Gasteiger partial charge is 0.147 e. The molecule has 2 bridgehead atoms. The number of rotatable bonds is 5. The number of Topliss-reactive ketones (excluding diaryl/α,β-unsaturated/α-hetero) is 1. The van der Waals surface area contributed by atoms with Gasteiger partial charge in [-0.15, -0.1) is 0 Å². The highest BCUT2D eigenvalue weighted by atomic mass is 16.1. The molecule has 27 heavy (non-hydrogen) atoms. The number of benzene rings is 1. The average Bonchev–Trinajstić information content (AvgIpc) is 2.83. The van der Waals surface area contributed by atoms with Gasteiger partial charge in [-0.1, -0.05) is 39.0 Å². The fourth-order valence-electron chi connectivity index (χ4n) is 4.60. The van der Waals surface area contributed by atoms with E-state index in [1.165, 1.54) is 12.8 Å². The number of hydrogen-bond acceptors (Lipinski definition) is 5. The molecule has 4 rings (SSSR count).